The molecule has 4 aromatic rings. The molecule has 6 nitrogen and oxygen atoms in total. The molecule has 0 aliphatic carbocycles. The molecule has 1 aromatic heterocycles. The molecule has 2 amide bonds. The van der Waals surface area contributed by atoms with Crippen LogP contribution < -0.4 is 20.1 Å². The van der Waals surface area contributed by atoms with Gasteiger partial charge in [-0.3, -0.25) is 9.59 Å². The molecule has 0 radical (unpaired) electrons. The second-order valence-electron chi connectivity index (χ2n) is 6.78. The van der Waals surface area contributed by atoms with Crippen molar-refractivity contribution in [2.45, 2.75) is 0 Å². The molecule has 2 heterocycles. The highest BCUT2D eigenvalue weighted by atomic mass is 32.1. The Morgan fingerprint density at radius 1 is 0.871 bits per heavy atom. The van der Waals surface area contributed by atoms with Gasteiger partial charge in [-0.2, -0.15) is 0 Å². The van der Waals surface area contributed by atoms with Crippen LogP contribution in [0.3, 0.4) is 0 Å². The average Bonchev–Trinajstić information content (AvgIpc) is 3.41. The lowest BCUT2D eigenvalue weighted by Gasteiger charge is -2.11. The number of rotatable bonds is 4. The van der Waals surface area contributed by atoms with Crippen molar-refractivity contribution in [2.24, 2.45) is 0 Å². The van der Waals surface area contributed by atoms with Gasteiger partial charge >= 0.3 is 0 Å². The Morgan fingerprint density at radius 3 is 2.58 bits per heavy atom. The Bertz CT molecular complexity index is 1330. The van der Waals surface area contributed by atoms with Gasteiger partial charge in [0, 0.05) is 21.8 Å². The number of carbonyl (C=O) groups excluding carboxylic acids is 2. The summed E-state index contributed by atoms with van der Waals surface area (Å²) in [6.07, 6.45) is 0. The predicted molar refractivity (Wildman–Crippen MR) is 117 cm³/mol. The van der Waals surface area contributed by atoms with Gasteiger partial charge in [0.15, 0.2) is 11.5 Å². The summed E-state index contributed by atoms with van der Waals surface area (Å²) in [5.74, 6) is -0.0146. The van der Waals surface area contributed by atoms with Crippen LogP contribution in [0.15, 0.2) is 66.7 Å². The molecule has 8 heteroatoms. The molecule has 154 valence electrons. The fourth-order valence-electron chi connectivity index (χ4n) is 3.28. The van der Waals surface area contributed by atoms with Gasteiger partial charge in [0.1, 0.15) is 5.82 Å². The maximum absolute atomic E-state index is 14.0. The molecule has 1 aliphatic rings. The van der Waals surface area contributed by atoms with Crippen molar-refractivity contribution in [3.8, 4) is 11.5 Å². The van der Waals surface area contributed by atoms with Gasteiger partial charge in [0.2, 0.25) is 6.79 Å². The normalized spacial score (nSPS) is 12.0. The van der Waals surface area contributed by atoms with Crippen LogP contribution in [0.4, 0.5) is 15.8 Å². The fraction of sp³-hybridized carbons (Fsp3) is 0.0435. The van der Waals surface area contributed by atoms with E-state index in [1.54, 1.807) is 54.6 Å². The van der Waals surface area contributed by atoms with Crippen molar-refractivity contribution in [2.75, 3.05) is 17.4 Å². The van der Waals surface area contributed by atoms with Crippen LogP contribution in [0.1, 0.15) is 20.0 Å². The van der Waals surface area contributed by atoms with Crippen molar-refractivity contribution in [3.05, 3.63) is 83.0 Å². The monoisotopic (exact) mass is 434 g/mol. The van der Waals surface area contributed by atoms with E-state index in [1.807, 2.05) is 0 Å². The zero-order valence-electron chi connectivity index (χ0n) is 16.0. The number of anilines is 2. The number of halogens is 1. The highest BCUT2D eigenvalue weighted by Crippen LogP contribution is 2.34. The average molecular weight is 434 g/mol. The van der Waals surface area contributed by atoms with Crippen molar-refractivity contribution >= 4 is 44.6 Å². The molecule has 5 rings (SSSR count). The minimum absolute atomic E-state index is 0.142. The van der Waals surface area contributed by atoms with Crippen LogP contribution >= 0.6 is 11.3 Å². The SMILES string of the molecule is O=C(Nc1ccccc1C(=O)Nc1ccc2c(c1)OCO2)c1cc2c(F)cccc2s1. The molecule has 1 aliphatic heterocycles. The van der Waals surface area contributed by atoms with Crippen molar-refractivity contribution < 1.29 is 23.5 Å². The van der Waals surface area contributed by atoms with Gasteiger partial charge < -0.3 is 20.1 Å². The zero-order chi connectivity index (χ0) is 21.4. The molecule has 0 unspecified atom stereocenters. The largest absolute Gasteiger partial charge is 0.454 e. The number of thiophene rings is 1. The number of para-hydroxylation sites is 1. The second kappa shape index (κ2) is 7.73. The lowest BCUT2D eigenvalue weighted by atomic mass is 10.1. The van der Waals surface area contributed by atoms with Gasteiger partial charge in [0.05, 0.1) is 16.1 Å². The van der Waals surface area contributed by atoms with Crippen LogP contribution in [0.25, 0.3) is 10.1 Å². The van der Waals surface area contributed by atoms with Gasteiger partial charge in [-0.25, -0.2) is 4.39 Å². The quantitative estimate of drug-likeness (QED) is 0.459. The number of carbonyl (C=O) groups is 2. The standard InChI is InChI=1S/C23H15FN2O4S/c24-16-5-3-7-20-15(16)11-21(31-20)23(28)26-17-6-2-1-4-14(17)22(27)25-13-8-9-18-19(10-13)30-12-29-18/h1-11H,12H2,(H,25,27)(H,26,28). The number of fused-ring (bicyclic) bond motifs is 2. The van der Waals surface area contributed by atoms with E-state index in [2.05, 4.69) is 10.6 Å². The molecular formula is C23H15FN2O4S. The van der Waals surface area contributed by atoms with E-state index < -0.39 is 11.8 Å². The summed E-state index contributed by atoms with van der Waals surface area (Å²) >= 11 is 1.19. The van der Waals surface area contributed by atoms with Crippen LogP contribution in [0.2, 0.25) is 0 Å². The highest BCUT2D eigenvalue weighted by Gasteiger charge is 2.18. The Hall–Kier alpha value is -3.91. The van der Waals surface area contributed by atoms with E-state index in [4.69, 9.17) is 9.47 Å². The predicted octanol–water partition coefficient (Wildman–Crippen LogP) is 5.27. The summed E-state index contributed by atoms with van der Waals surface area (Å²) in [5.41, 5.74) is 1.18. The number of hydrogen-bond acceptors (Lipinski definition) is 5. The minimum atomic E-state index is -0.413. The highest BCUT2D eigenvalue weighted by molar-refractivity contribution is 7.20. The first-order chi connectivity index (χ1) is 15.1. The lowest BCUT2D eigenvalue weighted by molar-refractivity contribution is 0.102. The maximum Gasteiger partial charge on any atom is 0.265 e. The van der Waals surface area contributed by atoms with Gasteiger partial charge in [-0.1, -0.05) is 18.2 Å². The second-order valence-corrected chi connectivity index (χ2v) is 7.87. The van der Waals surface area contributed by atoms with E-state index in [0.29, 0.717) is 43.4 Å². The van der Waals surface area contributed by atoms with E-state index >= 15 is 0 Å². The third-order valence-corrected chi connectivity index (χ3v) is 5.88. The van der Waals surface area contributed by atoms with Crippen LogP contribution in [-0.2, 0) is 0 Å². The number of benzene rings is 3. The van der Waals surface area contributed by atoms with Crippen LogP contribution in [-0.4, -0.2) is 18.6 Å². The van der Waals surface area contributed by atoms with E-state index in [1.165, 1.54) is 23.5 Å². The minimum Gasteiger partial charge on any atom is -0.454 e. The number of ether oxygens (including phenoxy) is 2. The van der Waals surface area contributed by atoms with Gasteiger partial charge in [-0.05, 0) is 42.5 Å². The summed E-state index contributed by atoms with van der Waals surface area (Å²) in [6.45, 7) is 0.142. The number of amides is 2. The molecule has 31 heavy (non-hydrogen) atoms. The fourth-order valence-corrected chi connectivity index (χ4v) is 4.25. The smallest absolute Gasteiger partial charge is 0.265 e. The third-order valence-electron chi connectivity index (χ3n) is 4.78. The first-order valence-corrected chi connectivity index (χ1v) is 10.2. The Kier molecular flexibility index (Phi) is 4.76. The molecule has 0 saturated heterocycles. The summed E-state index contributed by atoms with van der Waals surface area (Å²) in [5, 5.41) is 5.95. The molecule has 0 spiro atoms. The van der Waals surface area contributed by atoms with Crippen molar-refractivity contribution in [1.82, 2.24) is 0 Å². The van der Waals surface area contributed by atoms with Crippen molar-refractivity contribution in [1.29, 1.82) is 0 Å². The van der Waals surface area contributed by atoms with E-state index in [9.17, 15) is 14.0 Å². The molecule has 0 fully saturated rings. The summed E-state index contributed by atoms with van der Waals surface area (Å²) in [7, 11) is 0. The molecule has 3 aromatic carbocycles. The lowest BCUT2D eigenvalue weighted by Crippen LogP contribution is -2.17. The molecule has 0 saturated carbocycles. The summed E-state index contributed by atoms with van der Waals surface area (Å²) in [6, 6.07) is 18.0. The van der Waals surface area contributed by atoms with Crippen LogP contribution in [0, 0.1) is 5.82 Å². The van der Waals surface area contributed by atoms with E-state index in [0.717, 1.165) is 0 Å². The Labute approximate surface area is 180 Å². The van der Waals surface area contributed by atoms with Gasteiger partial charge in [0.25, 0.3) is 11.8 Å². The Morgan fingerprint density at radius 2 is 1.71 bits per heavy atom. The topological polar surface area (TPSA) is 76.7 Å². The molecule has 0 atom stereocenters. The zero-order valence-corrected chi connectivity index (χ0v) is 16.8. The van der Waals surface area contributed by atoms with Gasteiger partial charge in [-0.15, -0.1) is 11.3 Å². The summed E-state index contributed by atoms with van der Waals surface area (Å²) in [4.78, 5) is 26.0. The molecule has 2 N–H and O–H groups in total. The molecule has 0 bridgehead atoms. The number of nitrogens with one attached hydrogen (secondary N) is 2. The van der Waals surface area contributed by atoms with Crippen LogP contribution in [0.5, 0.6) is 11.5 Å². The summed E-state index contributed by atoms with van der Waals surface area (Å²) < 4.78 is 25.2. The number of hydrogen-bond donors (Lipinski definition) is 2. The third kappa shape index (κ3) is 3.69. The van der Waals surface area contributed by atoms with E-state index in [-0.39, 0.29) is 12.6 Å². The maximum atomic E-state index is 14.0. The first-order valence-electron chi connectivity index (χ1n) is 9.38. The molecular weight excluding hydrogens is 419 g/mol. The van der Waals surface area contributed by atoms with Crippen molar-refractivity contribution in [3.63, 3.8) is 0 Å². The Balaban J connectivity index is 1.37. The first kappa shape index (κ1) is 19.1.